The number of rotatable bonds is 10. The number of hydrogen-bond acceptors (Lipinski definition) is 8. The fourth-order valence-corrected chi connectivity index (χ4v) is 3.51. The van der Waals surface area contributed by atoms with Crippen molar-refractivity contribution in [3.8, 4) is 17.6 Å². The molecule has 1 N–H and O–H groups in total. The van der Waals surface area contributed by atoms with Crippen LogP contribution in [0.2, 0.25) is 0 Å². The Balaban J connectivity index is 2.25. The van der Waals surface area contributed by atoms with E-state index < -0.39 is 17.8 Å². The number of carbonyl (C=O) groups excluding carboxylic acids is 3. The van der Waals surface area contributed by atoms with Crippen molar-refractivity contribution in [1.82, 2.24) is 0 Å². The molecule has 0 aliphatic heterocycles. The van der Waals surface area contributed by atoms with Crippen LogP contribution in [0.5, 0.6) is 11.5 Å². The molecule has 2 aromatic carbocycles. The van der Waals surface area contributed by atoms with E-state index in [1.165, 1.54) is 37.5 Å². The second-order valence-electron chi connectivity index (χ2n) is 6.55. The summed E-state index contributed by atoms with van der Waals surface area (Å²) in [5, 5.41) is 12.1. The molecular weight excluding hydrogens is 555 g/mol. The molecule has 0 saturated heterocycles. The predicted octanol–water partition coefficient (Wildman–Crippen LogP) is 3.96. The molecule has 34 heavy (non-hydrogen) atoms. The van der Waals surface area contributed by atoms with E-state index in [2.05, 4.69) is 10.1 Å². The first-order chi connectivity index (χ1) is 16.3. The zero-order chi connectivity index (χ0) is 25.1. The van der Waals surface area contributed by atoms with Gasteiger partial charge in [-0.25, -0.2) is 9.59 Å². The summed E-state index contributed by atoms with van der Waals surface area (Å²) in [5.41, 5.74) is 1.13. The standard InChI is InChI=1S/C24H23IN2O7/c1-4-32-20-12-15(11-19(25)22(20)34-14-21(28)33-5-2)10-17(13-26)23(29)27-18-8-6-16(7-9-18)24(30)31-3/h6-12H,4-5,14H2,1-3H3,(H,27,29)/b17-10+. The maximum Gasteiger partial charge on any atom is 0.344 e. The van der Waals surface area contributed by atoms with Crippen molar-refractivity contribution < 1.29 is 33.3 Å². The van der Waals surface area contributed by atoms with Gasteiger partial charge in [-0.3, -0.25) is 4.79 Å². The first-order valence-electron chi connectivity index (χ1n) is 10.2. The highest BCUT2D eigenvalue weighted by Gasteiger charge is 2.16. The van der Waals surface area contributed by atoms with Gasteiger partial charge in [-0.2, -0.15) is 5.26 Å². The van der Waals surface area contributed by atoms with Gasteiger partial charge in [0.25, 0.3) is 5.91 Å². The van der Waals surface area contributed by atoms with Crippen molar-refractivity contribution >= 4 is 52.2 Å². The molecule has 0 unspecified atom stereocenters. The van der Waals surface area contributed by atoms with Crippen molar-refractivity contribution in [2.24, 2.45) is 0 Å². The summed E-state index contributed by atoms with van der Waals surface area (Å²) in [6.45, 7) is 3.81. The molecule has 0 aromatic heterocycles. The lowest BCUT2D eigenvalue weighted by Gasteiger charge is -2.14. The van der Waals surface area contributed by atoms with Crippen molar-refractivity contribution in [2.75, 3.05) is 32.2 Å². The summed E-state index contributed by atoms with van der Waals surface area (Å²) >= 11 is 2.02. The number of halogens is 1. The third kappa shape index (κ3) is 7.48. The predicted molar refractivity (Wildman–Crippen MR) is 132 cm³/mol. The van der Waals surface area contributed by atoms with E-state index in [0.717, 1.165) is 0 Å². The van der Waals surface area contributed by atoms with Gasteiger partial charge in [0.1, 0.15) is 11.6 Å². The Kier molecular flexibility index (Phi) is 10.3. The molecule has 0 spiro atoms. The van der Waals surface area contributed by atoms with E-state index in [9.17, 15) is 19.6 Å². The minimum absolute atomic E-state index is 0.143. The minimum Gasteiger partial charge on any atom is -0.490 e. The van der Waals surface area contributed by atoms with E-state index in [1.807, 2.05) is 28.7 Å². The normalized spacial score (nSPS) is 10.6. The zero-order valence-corrected chi connectivity index (χ0v) is 21.0. The molecule has 1 amide bonds. The fraction of sp³-hybridized carbons (Fsp3) is 0.250. The Morgan fingerprint density at radius 1 is 1.09 bits per heavy atom. The van der Waals surface area contributed by atoms with Crippen LogP contribution in [0.3, 0.4) is 0 Å². The average molecular weight is 578 g/mol. The number of carbonyl (C=O) groups is 3. The maximum atomic E-state index is 12.6. The summed E-state index contributed by atoms with van der Waals surface area (Å²) in [7, 11) is 1.28. The van der Waals surface area contributed by atoms with Crippen LogP contribution in [0, 0.1) is 14.9 Å². The Hall–Kier alpha value is -3.59. The van der Waals surface area contributed by atoms with Gasteiger partial charge in [-0.05, 0) is 84.5 Å². The number of nitrogens with zero attached hydrogens (tertiary/aromatic N) is 1. The summed E-state index contributed by atoms with van der Waals surface area (Å²) in [6, 6.07) is 11.3. The zero-order valence-electron chi connectivity index (χ0n) is 18.8. The Morgan fingerprint density at radius 2 is 1.79 bits per heavy atom. The topological polar surface area (TPSA) is 124 Å². The van der Waals surface area contributed by atoms with Crippen LogP contribution in [-0.4, -0.2) is 44.8 Å². The lowest BCUT2D eigenvalue weighted by atomic mass is 10.1. The number of anilines is 1. The number of ether oxygens (including phenoxy) is 4. The van der Waals surface area contributed by atoms with Crippen LogP contribution in [0.1, 0.15) is 29.8 Å². The molecule has 0 atom stereocenters. The maximum absolute atomic E-state index is 12.6. The van der Waals surface area contributed by atoms with E-state index in [0.29, 0.717) is 38.5 Å². The first kappa shape index (κ1) is 26.7. The Labute approximate surface area is 210 Å². The number of nitrogens with one attached hydrogen (secondary N) is 1. The van der Waals surface area contributed by atoms with Gasteiger partial charge in [0.2, 0.25) is 0 Å². The summed E-state index contributed by atoms with van der Waals surface area (Å²) in [6.07, 6.45) is 1.41. The van der Waals surface area contributed by atoms with Crippen LogP contribution < -0.4 is 14.8 Å². The largest absolute Gasteiger partial charge is 0.490 e. The monoisotopic (exact) mass is 578 g/mol. The van der Waals surface area contributed by atoms with Gasteiger partial charge >= 0.3 is 11.9 Å². The molecule has 2 rings (SSSR count). The van der Waals surface area contributed by atoms with Crippen LogP contribution in [0.15, 0.2) is 42.0 Å². The highest BCUT2D eigenvalue weighted by molar-refractivity contribution is 14.1. The first-order valence-corrected chi connectivity index (χ1v) is 11.3. The van der Waals surface area contributed by atoms with E-state index in [4.69, 9.17) is 14.2 Å². The number of hydrogen-bond donors (Lipinski definition) is 1. The molecule has 0 heterocycles. The van der Waals surface area contributed by atoms with Crippen molar-refractivity contribution in [3.63, 3.8) is 0 Å². The van der Waals surface area contributed by atoms with Gasteiger partial charge in [0, 0.05) is 5.69 Å². The molecule has 178 valence electrons. The summed E-state index contributed by atoms with van der Waals surface area (Å²) in [5.74, 6) is -0.899. The molecule has 0 aliphatic rings. The third-order valence-electron chi connectivity index (χ3n) is 4.21. The number of nitriles is 1. The quantitative estimate of drug-likeness (QED) is 0.195. The molecule has 0 fully saturated rings. The van der Waals surface area contributed by atoms with Crippen molar-refractivity contribution in [3.05, 3.63) is 56.7 Å². The average Bonchev–Trinajstić information content (AvgIpc) is 2.82. The third-order valence-corrected chi connectivity index (χ3v) is 5.01. The smallest absolute Gasteiger partial charge is 0.344 e. The van der Waals surface area contributed by atoms with Crippen LogP contribution in [-0.2, 0) is 19.1 Å². The lowest BCUT2D eigenvalue weighted by Crippen LogP contribution is -2.15. The minimum atomic E-state index is -0.621. The molecular formula is C24H23IN2O7. The molecule has 10 heteroatoms. The molecule has 0 saturated carbocycles. The highest BCUT2D eigenvalue weighted by Crippen LogP contribution is 2.35. The summed E-state index contributed by atoms with van der Waals surface area (Å²) < 4.78 is 21.3. The highest BCUT2D eigenvalue weighted by atomic mass is 127. The van der Waals surface area contributed by atoms with Gasteiger partial charge < -0.3 is 24.3 Å². The van der Waals surface area contributed by atoms with Gasteiger partial charge in [-0.1, -0.05) is 0 Å². The molecule has 2 aromatic rings. The molecule has 0 bridgehead atoms. The van der Waals surface area contributed by atoms with Crippen molar-refractivity contribution in [2.45, 2.75) is 13.8 Å². The van der Waals surface area contributed by atoms with Gasteiger partial charge in [0.15, 0.2) is 18.1 Å². The molecule has 0 aliphatic carbocycles. The molecule has 9 nitrogen and oxygen atoms in total. The van der Waals surface area contributed by atoms with Gasteiger partial charge in [-0.15, -0.1) is 0 Å². The number of amides is 1. The number of benzene rings is 2. The second kappa shape index (κ2) is 13.2. The van der Waals surface area contributed by atoms with Crippen LogP contribution in [0.25, 0.3) is 6.08 Å². The second-order valence-corrected chi connectivity index (χ2v) is 7.71. The Bertz CT molecular complexity index is 1120. The number of methoxy groups -OCH3 is 1. The van der Waals surface area contributed by atoms with Crippen molar-refractivity contribution in [1.29, 1.82) is 5.26 Å². The van der Waals surface area contributed by atoms with Gasteiger partial charge in [0.05, 0.1) is 29.5 Å². The summed E-state index contributed by atoms with van der Waals surface area (Å²) in [4.78, 5) is 35.8. The lowest BCUT2D eigenvalue weighted by molar-refractivity contribution is -0.145. The Morgan fingerprint density at radius 3 is 2.38 bits per heavy atom. The number of esters is 2. The van der Waals surface area contributed by atoms with E-state index in [1.54, 1.807) is 26.0 Å². The molecule has 0 radical (unpaired) electrons. The van der Waals surface area contributed by atoms with Crippen LogP contribution in [0.4, 0.5) is 5.69 Å². The van der Waals surface area contributed by atoms with E-state index >= 15 is 0 Å². The fourth-order valence-electron chi connectivity index (χ4n) is 2.73. The van der Waals surface area contributed by atoms with E-state index in [-0.39, 0.29) is 18.8 Å². The van der Waals surface area contributed by atoms with Crippen LogP contribution >= 0.6 is 22.6 Å². The SMILES string of the molecule is CCOC(=O)COc1c(I)cc(/C=C(\C#N)C(=O)Nc2ccc(C(=O)OC)cc2)cc1OCC.